The monoisotopic (exact) mass is 341 g/mol. The minimum Gasteiger partial charge on any atom is -0.454 e. The summed E-state index contributed by atoms with van der Waals surface area (Å²) < 4.78 is 43.0. The van der Waals surface area contributed by atoms with Crippen LogP contribution >= 0.6 is 0 Å². The Bertz CT molecular complexity index is 640. The highest BCUT2D eigenvalue weighted by Crippen LogP contribution is 2.33. The van der Waals surface area contributed by atoms with E-state index < -0.39 is 10.0 Å². The number of hydrogen-bond donors (Lipinski definition) is 0. The lowest BCUT2D eigenvalue weighted by molar-refractivity contribution is 0.0298. The lowest BCUT2D eigenvalue weighted by Crippen LogP contribution is -2.38. The molecule has 128 valence electrons. The lowest BCUT2D eigenvalue weighted by Gasteiger charge is -2.26. The third-order valence-electron chi connectivity index (χ3n) is 4.21. The quantitative estimate of drug-likeness (QED) is 0.793. The summed E-state index contributed by atoms with van der Waals surface area (Å²) in [6.45, 7) is 3.50. The largest absolute Gasteiger partial charge is 0.454 e. The predicted octanol–water partition coefficient (Wildman–Crippen LogP) is 2.14. The molecule has 1 aromatic rings. The molecule has 0 aromatic heterocycles. The van der Waals surface area contributed by atoms with E-state index in [0.717, 1.165) is 24.8 Å². The average Bonchev–Trinajstić information content (AvgIpc) is 3.00. The molecule has 3 rings (SSSR count). The van der Waals surface area contributed by atoms with Crippen molar-refractivity contribution in [3.05, 3.63) is 23.8 Å². The van der Waals surface area contributed by atoms with Crippen LogP contribution in [0, 0.1) is 0 Å². The second-order valence-electron chi connectivity index (χ2n) is 5.88. The van der Waals surface area contributed by atoms with Crippen molar-refractivity contribution in [2.24, 2.45) is 0 Å². The van der Waals surface area contributed by atoms with Crippen LogP contribution in [0.1, 0.15) is 31.7 Å². The van der Waals surface area contributed by atoms with Crippen molar-refractivity contribution in [3.63, 3.8) is 0 Å². The second-order valence-corrected chi connectivity index (χ2v) is 7.89. The van der Waals surface area contributed by atoms with Gasteiger partial charge in [-0.1, -0.05) is 13.0 Å². The Morgan fingerprint density at radius 2 is 2.04 bits per heavy atom. The third-order valence-corrected chi connectivity index (χ3v) is 6.18. The van der Waals surface area contributed by atoms with Crippen LogP contribution in [0.2, 0.25) is 0 Å². The zero-order valence-electron chi connectivity index (χ0n) is 13.4. The Kier molecular flexibility index (Phi) is 5.08. The molecular weight excluding hydrogens is 318 g/mol. The van der Waals surface area contributed by atoms with E-state index in [4.69, 9.17) is 14.2 Å². The number of fused-ring (bicyclic) bond motifs is 1. The van der Waals surface area contributed by atoms with E-state index in [-0.39, 0.29) is 18.6 Å². The average molecular weight is 341 g/mol. The fourth-order valence-electron chi connectivity index (χ4n) is 2.93. The van der Waals surface area contributed by atoms with Gasteiger partial charge in [0, 0.05) is 19.7 Å². The van der Waals surface area contributed by atoms with Gasteiger partial charge in [0.2, 0.25) is 16.8 Å². The first-order valence-corrected chi connectivity index (χ1v) is 9.67. The SMILES string of the molecule is CCN(Cc1ccc2c(c1)OCO2)S(=O)(=O)CC1CCCCO1. The van der Waals surface area contributed by atoms with Gasteiger partial charge in [-0.15, -0.1) is 0 Å². The molecule has 1 atom stereocenters. The van der Waals surface area contributed by atoms with Crippen LogP contribution in [0.3, 0.4) is 0 Å². The molecule has 0 N–H and O–H groups in total. The lowest BCUT2D eigenvalue weighted by atomic mass is 10.1. The van der Waals surface area contributed by atoms with Crippen molar-refractivity contribution in [2.75, 3.05) is 25.7 Å². The van der Waals surface area contributed by atoms with E-state index in [1.165, 1.54) is 4.31 Å². The first kappa shape index (κ1) is 16.5. The summed E-state index contributed by atoms with van der Waals surface area (Å²) in [5.74, 6) is 1.44. The number of hydrogen-bond acceptors (Lipinski definition) is 5. The Hall–Kier alpha value is -1.31. The molecule has 1 aromatic carbocycles. The maximum Gasteiger partial charge on any atom is 0.231 e. The zero-order chi connectivity index (χ0) is 16.3. The summed E-state index contributed by atoms with van der Waals surface area (Å²) in [6, 6.07) is 5.54. The van der Waals surface area contributed by atoms with Gasteiger partial charge in [-0.2, -0.15) is 4.31 Å². The van der Waals surface area contributed by atoms with Gasteiger partial charge in [0.05, 0.1) is 11.9 Å². The third kappa shape index (κ3) is 3.97. The van der Waals surface area contributed by atoms with Gasteiger partial charge in [0.25, 0.3) is 0 Å². The molecule has 0 amide bonds. The Labute approximate surface area is 137 Å². The number of ether oxygens (including phenoxy) is 3. The first-order valence-electron chi connectivity index (χ1n) is 8.06. The predicted molar refractivity (Wildman–Crippen MR) is 86.0 cm³/mol. The second kappa shape index (κ2) is 7.07. The molecular formula is C16H23NO5S. The summed E-state index contributed by atoms with van der Waals surface area (Å²) in [5.41, 5.74) is 0.893. The summed E-state index contributed by atoms with van der Waals surface area (Å²) in [6.07, 6.45) is 2.69. The molecule has 0 bridgehead atoms. The molecule has 1 unspecified atom stereocenters. The van der Waals surface area contributed by atoms with Gasteiger partial charge in [0.15, 0.2) is 11.5 Å². The van der Waals surface area contributed by atoms with Gasteiger partial charge in [-0.3, -0.25) is 0 Å². The smallest absolute Gasteiger partial charge is 0.231 e. The molecule has 0 radical (unpaired) electrons. The maximum atomic E-state index is 12.7. The molecule has 23 heavy (non-hydrogen) atoms. The van der Waals surface area contributed by atoms with Crippen molar-refractivity contribution < 1.29 is 22.6 Å². The van der Waals surface area contributed by atoms with Crippen LogP contribution < -0.4 is 9.47 Å². The highest BCUT2D eigenvalue weighted by atomic mass is 32.2. The van der Waals surface area contributed by atoms with Crippen molar-refractivity contribution in [1.29, 1.82) is 0 Å². The Morgan fingerprint density at radius 1 is 1.22 bits per heavy atom. The van der Waals surface area contributed by atoms with Crippen LogP contribution in [0.25, 0.3) is 0 Å². The molecule has 1 fully saturated rings. The highest BCUT2D eigenvalue weighted by molar-refractivity contribution is 7.89. The van der Waals surface area contributed by atoms with E-state index >= 15 is 0 Å². The summed E-state index contributed by atoms with van der Waals surface area (Å²) in [4.78, 5) is 0. The number of nitrogens with zero attached hydrogens (tertiary/aromatic N) is 1. The van der Waals surface area contributed by atoms with Gasteiger partial charge in [0.1, 0.15) is 0 Å². The van der Waals surface area contributed by atoms with E-state index in [2.05, 4.69) is 0 Å². The Balaban J connectivity index is 1.68. The van der Waals surface area contributed by atoms with E-state index in [9.17, 15) is 8.42 Å². The van der Waals surface area contributed by atoms with Crippen molar-refractivity contribution >= 4 is 10.0 Å². The van der Waals surface area contributed by atoms with Gasteiger partial charge < -0.3 is 14.2 Å². The number of sulfonamides is 1. The van der Waals surface area contributed by atoms with Crippen LogP contribution in [0.4, 0.5) is 0 Å². The zero-order valence-corrected chi connectivity index (χ0v) is 14.2. The summed E-state index contributed by atoms with van der Waals surface area (Å²) >= 11 is 0. The van der Waals surface area contributed by atoms with E-state index in [0.29, 0.717) is 31.2 Å². The maximum absolute atomic E-state index is 12.7. The van der Waals surface area contributed by atoms with Gasteiger partial charge in [-0.25, -0.2) is 8.42 Å². The number of rotatable bonds is 6. The number of benzene rings is 1. The van der Waals surface area contributed by atoms with Crippen LogP contribution in [0.5, 0.6) is 11.5 Å². The van der Waals surface area contributed by atoms with Crippen molar-refractivity contribution in [3.8, 4) is 11.5 Å². The van der Waals surface area contributed by atoms with Crippen LogP contribution in [-0.2, 0) is 21.3 Å². The fourth-order valence-corrected chi connectivity index (χ4v) is 4.61. The fraction of sp³-hybridized carbons (Fsp3) is 0.625. The molecule has 0 aliphatic carbocycles. The molecule has 2 aliphatic rings. The topological polar surface area (TPSA) is 65.1 Å². The molecule has 0 saturated carbocycles. The van der Waals surface area contributed by atoms with E-state index in [1.54, 1.807) is 0 Å². The highest BCUT2D eigenvalue weighted by Gasteiger charge is 2.27. The molecule has 7 heteroatoms. The molecule has 2 heterocycles. The van der Waals surface area contributed by atoms with Crippen LogP contribution in [0.15, 0.2) is 18.2 Å². The standard InChI is InChI=1S/C16H23NO5S/c1-2-17(23(18,19)11-14-5-3-4-8-20-14)10-13-6-7-15-16(9-13)22-12-21-15/h6-7,9,14H,2-5,8,10-12H2,1H3. The van der Waals surface area contributed by atoms with Crippen LogP contribution in [-0.4, -0.2) is 44.5 Å². The first-order chi connectivity index (χ1) is 11.1. The van der Waals surface area contributed by atoms with E-state index in [1.807, 2.05) is 25.1 Å². The van der Waals surface area contributed by atoms with Gasteiger partial charge >= 0.3 is 0 Å². The molecule has 2 aliphatic heterocycles. The Morgan fingerprint density at radius 3 is 2.78 bits per heavy atom. The van der Waals surface area contributed by atoms with Crippen molar-refractivity contribution in [1.82, 2.24) is 4.31 Å². The minimum atomic E-state index is -3.35. The van der Waals surface area contributed by atoms with Gasteiger partial charge in [-0.05, 0) is 37.0 Å². The van der Waals surface area contributed by atoms with Crippen molar-refractivity contribution in [2.45, 2.75) is 38.8 Å². The minimum absolute atomic E-state index is 0.0609. The normalized spacial score (nSPS) is 20.9. The summed E-state index contributed by atoms with van der Waals surface area (Å²) in [7, 11) is -3.35. The molecule has 6 nitrogen and oxygen atoms in total. The summed E-state index contributed by atoms with van der Waals surface area (Å²) in [5, 5.41) is 0. The molecule has 0 spiro atoms. The molecule has 1 saturated heterocycles.